The molecular weight excluding hydrogens is 486 g/mol. The number of nitrogens with zero attached hydrogens (tertiary/aromatic N) is 5. The van der Waals surface area contributed by atoms with Gasteiger partial charge in [0.15, 0.2) is 11.6 Å². The van der Waals surface area contributed by atoms with Gasteiger partial charge in [-0.25, -0.2) is 14.8 Å². The average molecular weight is 518 g/mol. The topological polar surface area (TPSA) is 145 Å². The van der Waals surface area contributed by atoms with Crippen molar-refractivity contribution >= 4 is 34.5 Å². The van der Waals surface area contributed by atoms with Crippen LogP contribution in [0.2, 0.25) is 0 Å². The molecule has 3 aliphatic heterocycles. The maximum absolute atomic E-state index is 12.7. The summed E-state index contributed by atoms with van der Waals surface area (Å²) in [5.41, 5.74) is 5.25. The Bertz CT molecular complexity index is 1190. The van der Waals surface area contributed by atoms with Gasteiger partial charge in [-0.15, -0.1) is 0 Å². The molecular formula is C23H31N7O5S. The number of ether oxygens (including phenoxy) is 3. The van der Waals surface area contributed by atoms with E-state index in [-0.39, 0.29) is 12.6 Å². The molecule has 0 radical (unpaired) electrons. The lowest BCUT2D eigenvalue weighted by Crippen LogP contribution is -2.58. The maximum Gasteiger partial charge on any atom is 0.404 e. The van der Waals surface area contributed by atoms with Crippen molar-refractivity contribution in [1.29, 1.82) is 0 Å². The molecule has 12 nitrogen and oxygen atoms in total. The molecule has 0 saturated carbocycles. The third kappa shape index (κ3) is 4.84. The van der Waals surface area contributed by atoms with Gasteiger partial charge in [0.1, 0.15) is 29.7 Å². The Morgan fingerprint density at radius 3 is 2.97 bits per heavy atom. The number of anilines is 3. The van der Waals surface area contributed by atoms with Crippen molar-refractivity contribution in [3.63, 3.8) is 0 Å². The third-order valence-electron chi connectivity index (χ3n) is 6.30. The molecule has 2 atom stereocenters. The van der Waals surface area contributed by atoms with Gasteiger partial charge in [0, 0.05) is 37.9 Å². The fraction of sp³-hybridized carbons (Fsp3) is 0.565. The van der Waals surface area contributed by atoms with E-state index in [9.17, 15) is 9.00 Å². The van der Waals surface area contributed by atoms with Crippen LogP contribution in [0.25, 0.3) is 0 Å². The number of piperazine rings is 1. The number of amides is 1. The van der Waals surface area contributed by atoms with E-state index in [2.05, 4.69) is 20.1 Å². The molecule has 3 N–H and O–H groups in total. The van der Waals surface area contributed by atoms with Crippen molar-refractivity contribution in [2.24, 2.45) is 5.73 Å². The number of aromatic nitrogens is 3. The highest BCUT2D eigenvalue weighted by atomic mass is 32.2. The standard InChI is InChI=1S/C23H31N7O5S/c1-4-33-15-9-17-20(25-10-15)30-7-6-29(11-14(30)12-34-17)22-26-16-5-8-36(32)18(16)19(27-22)28-23(2,3)13-35-21(24)31/h9-10,14H,4-8,11-13H2,1-3H3,(H2,24,31)(H,26,27,28)/t14-,36?/m0/s1. The average Bonchev–Trinajstić information content (AvgIpc) is 3.23. The number of carbonyl (C=O) groups is 1. The fourth-order valence-corrected chi connectivity index (χ4v) is 5.96. The number of carbonyl (C=O) groups excluding carboxylic acids is 1. The minimum Gasteiger partial charge on any atom is -0.492 e. The quantitative estimate of drug-likeness (QED) is 0.548. The molecule has 5 heterocycles. The summed E-state index contributed by atoms with van der Waals surface area (Å²) in [6.45, 7) is 8.87. The van der Waals surface area contributed by atoms with Gasteiger partial charge >= 0.3 is 6.09 Å². The van der Waals surface area contributed by atoms with Crippen molar-refractivity contribution in [3.05, 3.63) is 18.0 Å². The van der Waals surface area contributed by atoms with Gasteiger partial charge in [-0.2, -0.15) is 4.98 Å². The zero-order valence-electron chi connectivity index (χ0n) is 20.7. The molecule has 0 aliphatic carbocycles. The van der Waals surface area contributed by atoms with Gasteiger partial charge in [-0.3, -0.25) is 4.21 Å². The molecule has 36 heavy (non-hydrogen) atoms. The molecule has 1 unspecified atom stereocenters. The zero-order chi connectivity index (χ0) is 25.4. The van der Waals surface area contributed by atoms with Gasteiger partial charge in [-0.1, -0.05) is 0 Å². The van der Waals surface area contributed by atoms with Crippen LogP contribution in [0.3, 0.4) is 0 Å². The number of fused-ring (bicyclic) bond motifs is 4. The maximum atomic E-state index is 12.7. The zero-order valence-corrected chi connectivity index (χ0v) is 21.5. The number of primary amides is 1. The Kier molecular flexibility index (Phi) is 6.49. The Morgan fingerprint density at radius 1 is 1.36 bits per heavy atom. The summed E-state index contributed by atoms with van der Waals surface area (Å²) in [5, 5.41) is 3.31. The van der Waals surface area contributed by atoms with Crippen molar-refractivity contribution in [1.82, 2.24) is 15.0 Å². The molecule has 1 saturated heterocycles. The molecule has 5 rings (SSSR count). The second-order valence-electron chi connectivity index (χ2n) is 9.59. The van der Waals surface area contributed by atoms with Crippen LogP contribution in [-0.2, 0) is 22.0 Å². The highest BCUT2D eigenvalue weighted by Gasteiger charge is 2.36. The number of pyridine rings is 1. The third-order valence-corrected chi connectivity index (χ3v) is 7.75. The van der Waals surface area contributed by atoms with E-state index in [0.717, 1.165) is 23.8 Å². The molecule has 1 fully saturated rings. The van der Waals surface area contributed by atoms with Gasteiger partial charge in [-0.05, 0) is 20.8 Å². The van der Waals surface area contributed by atoms with Gasteiger partial charge in [0.05, 0.1) is 40.9 Å². The van der Waals surface area contributed by atoms with Gasteiger partial charge in [0.25, 0.3) is 0 Å². The summed E-state index contributed by atoms with van der Waals surface area (Å²) in [4.78, 5) is 30.3. The fourth-order valence-electron chi connectivity index (χ4n) is 4.65. The number of aryl methyl sites for hydroxylation is 1. The predicted octanol–water partition coefficient (Wildman–Crippen LogP) is 1.31. The first-order valence-electron chi connectivity index (χ1n) is 12.0. The summed E-state index contributed by atoms with van der Waals surface area (Å²) < 4.78 is 29.3. The largest absolute Gasteiger partial charge is 0.492 e. The molecule has 13 heteroatoms. The molecule has 0 bridgehead atoms. The number of nitrogens with two attached hydrogens (primary N) is 1. The Morgan fingerprint density at radius 2 is 2.19 bits per heavy atom. The van der Waals surface area contributed by atoms with E-state index in [4.69, 9.17) is 29.9 Å². The normalized spacial score (nSPS) is 20.6. The summed E-state index contributed by atoms with van der Waals surface area (Å²) in [6, 6.07) is 1.97. The molecule has 0 aromatic carbocycles. The lowest BCUT2D eigenvalue weighted by Gasteiger charge is -2.44. The number of hydrogen-bond donors (Lipinski definition) is 2. The molecule has 0 spiro atoms. The molecule has 2 aromatic rings. The van der Waals surface area contributed by atoms with Crippen LogP contribution in [0, 0.1) is 0 Å². The lowest BCUT2D eigenvalue weighted by molar-refractivity contribution is 0.138. The minimum absolute atomic E-state index is 0.0403. The van der Waals surface area contributed by atoms with Crippen LogP contribution in [0.15, 0.2) is 17.2 Å². The van der Waals surface area contributed by atoms with Gasteiger partial charge < -0.3 is 35.1 Å². The van der Waals surface area contributed by atoms with E-state index < -0.39 is 22.4 Å². The first-order chi connectivity index (χ1) is 17.2. The highest BCUT2D eigenvalue weighted by molar-refractivity contribution is 7.85. The van der Waals surface area contributed by atoms with Crippen LogP contribution in [0.1, 0.15) is 26.5 Å². The van der Waals surface area contributed by atoms with Crippen LogP contribution in [0.4, 0.5) is 22.4 Å². The Labute approximate surface area is 212 Å². The number of rotatable bonds is 7. The Balaban J connectivity index is 1.37. The van der Waals surface area contributed by atoms with Crippen LogP contribution in [0.5, 0.6) is 11.5 Å². The molecule has 1 amide bonds. The van der Waals surface area contributed by atoms with E-state index in [1.807, 2.05) is 26.8 Å². The van der Waals surface area contributed by atoms with E-state index in [1.165, 1.54) is 0 Å². The second-order valence-corrected chi connectivity index (χ2v) is 11.1. The second kappa shape index (κ2) is 9.60. The highest BCUT2D eigenvalue weighted by Crippen LogP contribution is 2.37. The summed E-state index contributed by atoms with van der Waals surface area (Å²) >= 11 is 0. The predicted molar refractivity (Wildman–Crippen MR) is 134 cm³/mol. The molecule has 3 aliphatic rings. The van der Waals surface area contributed by atoms with E-state index >= 15 is 0 Å². The number of hydrogen-bond acceptors (Lipinski definition) is 11. The van der Waals surface area contributed by atoms with Crippen LogP contribution in [-0.4, -0.2) is 82.0 Å². The number of nitrogens with one attached hydrogen (secondary N) is 1. The van der Waals surface area contributed by atoms with Crippen LogP contribution < -0.4 is 30.3 Å². The van der Waals surface area contributed by atoms with Gasteiger partial charge in [0.2, 0.25) is 5.95 Å². The minimum atomic E-state index is -1.19. The summed E-state index contributed by atoms with van der Waals surface area (Å²) in [5.74, 6) is 3.83. The van der Waals surface area contributed by atoms with E-state index in [0.29, 0.717) is 60.9 Å². The van der Waals surface area contributed by atoms with E-state index in [1.54, 1.807) is 6.20 Å². The Hall–Kier alpha value is -3.35. The van der Waals surface area contributed by atoms with Crippen molar-refractivity contribution in [3.8, 4) is 11.5 Å². The first-order valence-corrected chi connectivity index (χ1v) is 13.3. The van der Waals surface area contributed by atoms with Crippen molar-refractivity contribution in [2.75, 3.05) is 60.3 Å². The lowest BCUT2D eigenvalue weighted by atomic mass is 10.1. The first kappa shape index (κ1) is 24.3. The monoisotopic (exact) mass is 517 g/mol. The summed E-state index contributed by atoms with van der Waals surface area (Å²) in [7, 11) is -1.19. The smallest absolute Gasteiger partial charge is 0.404 e. The molecule has 194 valence electrons. The SMILES string of the molecule is CCOc1cnc2c(c1)OC[C@@H]1CN(c3nc4c(c(NC(C)(C)COC(N)=O)n3)S(=O)CC4)CCN21. The molecule has 2 aromatic heterocycles. The summed E-state index contributed by atoms with van der Waals surface area (Å²) in [6.07, 6.45) is 1.50. The van der Waals surface area contributed by atoms with Crippen molar-refractivity contribution < 1.29 is 23.2 Å². The van der Waals surface area contributed by atoms with Crippen LogP contribution >= 0.6 is 0 Å². The van der Waals surface area contributed by atoms with Crippen molar-refractivity contribution in [2.45, 2.75) is 43.7 Å².